The fourth-order valence-corrected chi connectivity index (χ4v) is 2.87. The van der Waals surface area contributed by atoms with Gasteiger partial charge in [0.2, 0.25) is 11.8 Å². The summed E-state index contributed by atoms with van der Waals surface area (Å²) in [6.45, 7) is 3.93. The number of carbonyl (C=O) groups excluding carboxylic acids is 2. The molecule has 0 unspecified atom stereocenters. The zero-order valence-electron chi connectivity index (χ0n) is 16.8. The molecule has 2 amide bonds. The Bertz CT molecular complexity index is 1040. The van der Waals surface area contributed by atoms with Crippen molar-refractivity contribution >= 4 is 17.9 Å². The number of para-hydroxylation sites is 1. The molecule has 0 aliphatic rings. The van der Waals surface area contributed by atoms with Gasteiger partial charge in [-0.1, -0.05) is 18.2 Å². The molecule has 7 heteroatoms. The molecule has 0 fully saturated rings. The minimum absolute atomic E-state index is 0.247. The van der Waals surface area contributed by atoms with Crippen LogP contribution in [0.4, 0.5) is 4.39 Å². The standard InChI is InChI=1S/C23H23FN4O2/c1-3-25-23(30)16(2)26-21(29)14-11-18-15-28(20-7-5-4-6-8-20)27-22(18)17-9-12-19(24)13-10-17/h4-16H,3H2,1-2H3,(H,25,30)(H,26,29)/b14-11+/t16-/m0/s1. The summed E-state index contributed by atoms with van der Waals surface area (Å²) >= 11 is 0. The predicted molar refractivity (Wildman–Crippen MR) is 114 cm³/mol. The summed E-state index contributed by atoms with van der Waals surface area (Å²) in [7, 11) is 0. The second-order valence-electron chi connectivity index (χ2n) is 6.68. The number of hydrogen-bond acceptors (Lipinski definition) is 3. The van der Waals surface area contributed by atoms with Crippen LogP contribution in [-0.2, 0) is 9.59 Å². The zero-order chi connectivity index (χ0) is 21.5. The van der Waals surface area contributed by atoms with E-state index < -0.39 is 11.9 Å². The predicted octanol–water partition coefficient (Wildman–Crippen LogP) is 3.33. The van der Waals surface area contributed by atoms with Gasteiger partial charge in [-0.2, -0.15) is 5.10 Å². The fraction of sp³-hybridized carbons (Fsp3) is 0.174. The smallest absolute Gasteiger partial charge is 0.244 e. The first-order valence-electron chi connectivity index (χ1n) is 9.65. The van der Waals surface area contributed by atoms with Crippen LogP contribution in [0.5, 0.6) is 0 Å². The van der Waals surface area contributed by atoms with Crippen molar-refractivity contribution < 1.29 is 14.0 Å². The number of amides is 2. The van der Waals surface area contributed by atoms with Crippen LogP contribution in [0.25, 0.3) is 23.0 Å². The van der Waals surface area contributed by atoms with Gasteiger partial charge in [0, 0.05) is 29.9 Å². The first kappa shape index (κ1) is 21.0. The maximum Gasteiger partial charge on any atom is 0.244 e. The van der Waals surface area contributed by atoms with E-state index in [9.17, 15) is 14.0 Å². The molecule has 0 aliphatic carbocycles. The first-order chi connectivity index (χ1) is 14.5. The Morgan fingerprint density at radius 1 is 1.13 bits per heavy atom. The maximum absolute atomic E-state index is 13.3. The van der Waals surface area contributed by atoms with Gasteiger partial charge >= 0.3 is 0 Å². The Morgan fingerprint density at radius 2 is 1.83 bits per heavy atom. The molecule has 30 heavy (non-hydrogen) atoms. The lowest BCUT2D eigenvalue weighted by atomic mass is 10.1. The third kappa shape index (κ3) is 5.20. The molecule has 0 radical (unpaired) electrons. The number of hydrogen-bond donors (Lipinski definition) is 2. The van der Waals surface area contributed by atoms with Crippen molar-refractivity contribution in [1.29, 1.82) is 0 Å². The molecular formula is C23H23FN4O2. The second-order valence-corrected chi connectivity index (χ2v) is 6.68. The van der Waals surface area contributed by atoms with Gasteiger partial charge < -0.3 is 10.6 Å². The summed E-state index contributed by atoms with van der Waals surface area (Å²) in [6, 6.07) is 14.9. The first-order valence-corrected chi connectivity index (χ1v) is 9.65. The molecule has 1 aromatic heterocycles. The molecule has 0 saturated carbocycles. The summed E-state index contributed by atoms with van der Waals surface area (Å²) in [6.07, 6.45) is 4.78. The topological polar surface area (TPSA) is 76.0 Å². The molecule has 0 bridgehead atoms. The number of nitrogens with zero attached hydrogens (tertiary/aromatic N) is 2. The SMILES string of the molecule is CCNC(=O)[C@H](C)NC(=O)/C=C/c1cn(-c2ccccc2)nc1-c1ccc(F)cc1. The summed E-state index contributed by atoms with van der Waals surface area (Å²) in [5.74, 6) is -0.980. The van der Waals surface area contributed by atoms with Crippen molar-refractivity contribution in [2.24, 2.45) is 0 Å². The Hall–Kier alpha value is -3.74. The fourth-order valence-electron chi connectivity index (χ4n) is 2.87. The largest absolute Gasteiger partial charge is 0.355 e. The molecule has 3 aromatic rings. The van der Waals surface area contributed by atoms with E-state index in [1.165, 1.54) is 18.2 Å². The van der Waals surface area contributed by atoms with E-state index in [1.54, 1.807) is 36.0 Å². The number of carbonyl (C=O) groups is 2. The lowest BCUT2D eigenvalue weighted by Crippen LogP contribution is -2.44. The number of rotatable bonds is 7. The minimum Gasteiger partial charge on any atom is -0.355 e. The van der Waals surface area contributed by atoms with Gasteiger partial charge in [-0.3, -0.25) is 9.59 Å². The van der Waals surface area contributed by atoms with Gasteiger partial charge in [0.25, 0.3) is 0 Å². The summed E-state index contributed by atoms with van der Waals surface area (Å²) in [5, 5.41) is 9.90. The van der Waals surface area contributed by atoms with E-state index in [4.69, 9.17) is 0 Å². The molecule has 0 spiro atoms. The number of halogens is 1. The third-order valence-corrected chi connectivity index (χ3v) is 4.40. The van der Waals surface area contributed by atoms with Crippen molar-refractivity contribution in [3.05, 3.63) is 78.3 Å². The van der Waals surface area contributed by atoms with Crippen LogP contribution in [-0.4, -0.2) is 34.2 Å². The average Bonchev–Trinajstić information content (AvgIpc) is 3.18. The van der Waals surface area contributed by atoms with Crippen molar-refractivity contribution in [2.75, 3.05) is 6.54 Å². The lowest BCUT2D eigenvalue weighted by molar-refractivity contribution is -0.126. The van der Waals surface area contributed by atoms with Gasteiger partial charge in [-0.05, 0) is 56.3 Å². The van der Waals surface area contributed by atoms with E-state index in [2.05, 4.69) is 15.7 Å². The quantitative estimate of drug-likeness (QED) is 0.591. The highest BCUT2D eigenvalue weighted by Gasteiger charge is 2.14. The van der Waals surface area contributed by atoms with Crippen molar-refractivity contribution in [3.63, 3.8) is 0 Å². The highest BCUT2D eigenvalue weighted by molar-refractivity contribution is 5.96. The summed E-state index contributed by atoms with van der Waals surface area (Å²) in [4.78, 5) is 24.0. The highest BCUT2D eigenvalue weighted by atomic mass is 19.1. The Labute approximate surface area is 174 Å². The molecule has 3 rings (SSSR count). The van der Waals surface area contributed by atoms with Crippen LogP contribution in [0.2, 0.25) is 0 Å². The second kappa shape index (κ2) is 9.65. The summed E-state index contributed by atoms with van der Waals surface area (Å²) in [5.41, 5.74) is 2.88. The van der Waals surface area contributed by atoms with Crippen molar-refractivity contribution in [3.8, 4) is 16.9 Å². The molecule has 0 saturated heterocycles. The van der Waals surface area contributed by atoms with Crippen LogP contribution in [0.15, 0.2) is 66.9 Å². The zero-order valence-corrected chi connectivity index (χ0v) is 16.8. The van der Waals surface area contributed by atoms with E-state index in [1.807, 2.05) is 37.3 Å². The molecule has 154 valence electrons. The Kier molecular flexibility index (Phi) is 6.75. The number of nitrogens with one attached hydrogen (secondary N) is 2. The van der Waals surface area contributed by atoms with Gasteiger partial charge in [-0.15, -0.1) is 0 Å². The number of aromatic nitrogens is 2. The molecule has 2 aromatic carbocycles. The minimum atomic E-state index is -0.647. The molecule has 6 nitrogen and oxygen atoms in total. The van der Waals surface area contributed by atoms with Crippen LogP contribution in [0, 0.1) is 5.82 Å². The molecule has 1 heterocycles. The highest BCUT2D eigenvalue weighted by Crippen LogP contribution is 2.25. The number of likely N-dealkylation sites (N-methyl/N-ethyl adjacent to an activating group) is 1. The molecule has 1 atom stereocenters. The average molecular weight is 406 g/mol. The van der Waals surface area contributed by atoms with Gasteiger partial charge in [0.15, 0.2) is 0 Å². The van der Waals surface area contributed by atoms with Crippen LogP contribution in [0.1, 0.15) is 19.4 Å². The number of benzene rings is 2. The molecular weight excluding hydrogens is 383 g/mol. The normalized spacial score (nSPS) is 12.0. The monoisotopic (exact) mass is 406 g/mol. The van der Waals surface area contributed by atoms with E-state index in [0.717, 1.165) is 11.3 Å². The molecule has 0 aliphatic heterocycles. The van der Waals surface area contributed by atoms with Gasteiger partial charge in [0.1, 0.15) is 11.9 Å². The maximum atomic E-state index is 13.3. The lowest BCUT2D eigenvalue weighted by Gasteiger charge is -2.11. The van der Waals surface area contributed by atoms with Gasteiger partial charge in [0.05, 0.1) is 11.4 Å². The van der Waals surface area contributed by atoms with E-state index >= 15 is 0 Å². The van der Waals surface area contributed by atoms with E-state index in [-0.39, 0.29) is 11.7 Å². The van der Waals surface area contributed by atoms with E-state index in [0.29, 0.717) is 17.8 Å². The third-order valence-electron chi connectivity index (χ3n) is 4.40. The Balaban J connectivity index is 1.88. The van der Waals surface area contributed by atoms with Crippen LogP contribution < -0.4 is 10.6 Å². The summed E-state index contributed by atoms with van der Waals surface area (Å²) < 4.78 is 15.0. The van der Waals surface area contributed by atoms with Crippen molar-refractivity contribution in [1.82, 2.24) is 20.4 Å². The van der Waals surface area contributed by atoms with Gasteiger partial charge in [-0.25, -0.2) is 9.07 Å². The molecule has 2 N–H and O–H groups in total. The van der Waals surface area contributed by atoms with Crippen molar-refractivity contribution in [2.45, 2.75) is 19.9 Å². The Morgan fingerprint density at radius 3 is 2.50 bits per heavy atom. The van der Waals surface area contributed by atoms with Crippen LogP contribution >= 0.6 is 0 Å². The van der Waals surface area contributed by atoms with Crippen LogP contribution in [0.3, 0.4) is 0 Å².